The van der Waals surface area contributed by atoms with Crippen LogP contribution in [0.1, 0.15) is 121 Å². The number of rotatable bonds is 10. The molecule has 1 N–H and O–H groups in total. The Balaban J connectivity index is 2.06. The predicted octanol–water partition coefficient (Wildman–Crippen LogP) is 6.96. The van der Waals surface area contributed by atoms with Gasteiger partial charge >= 0.3 is 0 Å². The van der Waals surface area contributed by atoms with E-state index in [1.54, 1.807) is 0 Å². The van der Waals surface area contributed by atoms with E-state index in [1.165, 1.54) is 29.1 Å². The van der Waals surface area contributed by atoms with Gasteiger partial charge in [0.15, 0.2) is 0 Å². The molecular formula is C31H47NO3S. The first-order chi connectivity index (χ1) is 16.9. The highest BCUT2D eigenvalue weighted by Crippen LogP contribution is 2.38. The highest BCUT2D eigenvalue weighted by molar-refractivity contribution is 7.89. The Morgan fingerprint density at radius 1 is 0.972 bits per heavy atom. The quantitative estimate of drug-likeness (QED) is 0.272. The summed E-state index contributed by atoms with van der Waals surface area (Å²) in [6.07, 6.45) is 7.08. The van der Waals surface area contributed by atoms with Gasteiger partial charge in [0.2, 0.25) is 10.0 Å². The van der Waals surface area contributed by atoms with Gasteiger partial charge in [0.05, 0.1) is 11.4 Å². The summed E-state index contributed by atoms with van der Waals surface area (Å²) in [5.41, 5.74) is 3.92. The van der Waals surface area contributed by atoms with Crippen molar-refractivity contribution in [3.63, 3.8) is 0 Å². The van der Waals surface area contributed by atoms with Crippen LogP contribution >= 0.6 is 0 Å². The molecule has 0 bridgehead atoms. The average Bonchev–Trinajstić information content (AvgIpc) is 3.68. The summed E-state index contributed by atoms with van der Waals surface area (Å²) in [6.45, 7) is 17.3. The lowest BCUT2D eigenvalue weighted by Crippen LogP contribution is -2.36. The lowest BCUT2D eigenvalue weighted by atomic mass is 9.84. The lowest BCUT2D eigenvalue weighted by molar-refractivity contribution is 0.209. The van der Waals surface area contributed by atoms with Crippen molar-refractivity contribution in [1.82, 2.24) is 4.31 Å². The molecule has 0 radical (unpaired) electrons. The van der Waals surface area contributed by atoms with Crippen LogP contribution < -0.4 is 0 Å². The molecule has 1 aromatic rings. The molecule has 3 rings (SSSR count). The molecule has 1 aromatic carbocycles. The predicted molar refractivity (Wildman–Crippen MR) is 150 cm³/mol. The van der Waals surface area contributed by atoms with Crippen LogP contribution in [-0.4, -0.2) is 37.0 Å². The molecule has 2 aliphatic rings. The van der Waals surface area contributed by atoms with Crippen LogP contribution in [0.4, 0.5) is 0 Å². The molecule has 0 amide bonds. The van der Waals surface area contributed by atoms with Gasteiger partial charge in [-0.1, -0.05) is 96.9 Å². The summed E-state index contributed by atoms with van der Waals surface area (Å²) in [5, 5.41) is 10.3. The summed E-state index contributed by atoms with van der Waals surface area (Å²) in [7, 11) is -3.84. The van der Waals surface area contributed by atoms with Gasteiger partial charge in [0.1, 0.15) is 6.10 Å². The highest BCUT2D eigenvalue weighted by atomic mass is 32.2. The monoisotopic (exact) mass is 513 g/mol. The molecule has 0 aliphatic heterocycles. The minimum Gasteiger partial charge on any atom is -0.380 e. The van der Waals surface area contributed by atoms with E-state index in [1.807, 2.05) is 0 Å². The molecule has 1 atom stereocenters. The van der Waals surface area contributed by atoms with Crippen molar-refractivity contribution in [2.75, 3.05) is 13.1 Å². The van der Waals surface area contributed by atoms with E-state index < -0.39 is 16.1 Å². The molecule has 4 nitrogen and oxygen atoms in total. The van der Waals surface area contributed by atoms with Crippen LogP contribution in [0.15, 0.2) is 29.2 Å². The second-order valence-corrected chi connectivity index (χ2v) is 13.7. The van der Waals surface area contributed by atoms with E-state index in [-0.39, 0.29) is 30.8 Å². The van der Waals surface area contributed by atoms with Gasteiger partial charge in [0.25, 0.3) is 0 Å². The van der Waals surface area contributed by atoms with Crippen LogP contribution in [0, 0.1) is 23.7 Å². The summed E-state index contributed by atoms with van der Waals surface area (Å²) in [6, 6.07) is 4.18. The molecule has 36 heavy (non-hydrogen) atoms. The SMILES string of the molecule is C=C(CN(CC#CC(O)C1CC1)S(=O)(=O)c1c(C(C)C)cc(C(C)C)cc1C(C)C)C1CCCCC1. The maximum atomic E-state index is 14.5. The van der Waals surface area contributed by atoms with E-state index in [9.17, 15) is 13.5 Å². The first-order valence-corrected chi connectivity index (χ1v) is 15.4. The molecule has 0 heterocycles. The van der Waals surface area contributed by atoms with Gasteiger partial charge in [-0.3, -0.25) is 0 Å². The standard InChI is InChI=1S/C31H47NO3S/c1-21(2)27-18-28(22(3)4)31(29(19-27)23(5)6)36(34,35)32(17-11-14-30(33)26-15-16-26)20-24(7)25-12-9-8-10-13-25/h18-19,21-23,25-26,30,33H,7-10,12-13,15-17,20H2,1-6H3. The fourth-order valence-corrected chi connectivity index (χ4v) is 7.19. The molecule has 2 saturated carbocycles. The largest absolute Gasteiger partial charge is 0.380 e. The second kappa shape index (κ2) is 12.3. The number of sulfonamides is 1. The first kappa shape index (κ1) is 29.0. The molecule has 2 fully saturated rings. The zero-order valence-corrected chi connectivity index (χ0v) is 24.1. The number of nitrogens with zero attached hydrogens (tertiary/aromatic N) is 1. The third-order valence-electron chi connectivity index (χ3n) is 7.81. The Labute approximate surface area is 220 Å². The van der Waals surface area contributed by atoms with Crippen molar-refractivity contribution >= 4 is 10.0 Å². The normalized spacial score (nSPS) is 18.1. The Morgan fingerprint density at radius 2 is 1.53 bits per heavy atom. The van der Waals surface area contributed by atoms with Gasteiger partial charge in [-0.25, -0.2) is 8.42 Å². The Hall–Kier alpha value is -1.61. The van der Waals surface area contributed by atoms with Crippen molar-refractivity contribution in [2.45, 2.75) is 115 Å². The van der Waals surface area contributed by atoms with Gasteiger partial charge in [0, 0.05) is 6.54 Å². The minimum absolute atomic E-state index is 0.0668. The topological polar surface area (TPSA) is 57.6 Å². The Bertz CT molecular complexity index is 1050. The summed E-state index contributed by atoms with van der Waals surface area (Å²) in [5.74, 6) is 6.99. The molecule has 5 heteroatoms. The highest BCUT2D eigenvalue weighted by Gasteiger charge is 2.33. The minimum atomic E-state index is -3.84. The fraction of sp³-hybridized carbons (Fsp3) is 0.677. The van der Waals surface area contributed by atoms with Crippen molar-refractivity contribution in [2.24, 2.45) is 11.8 Å². The van der Waals surface area contributed by atoms with Crippen LogP contribution in [0.3, 0.4) is 0 Å². The number of hydrogen-bond donors (Lipinski definition) is 1. The van der Waals surface area contributed by atoms with Gasteiger partial charge in [-0.15, -0.1) is 0 Å². The third-order valence-corrected chi connectivity index (χ3v) is 9.74. The van der Waals surface area contributed by atoms with Crippen LogP contribution in [0.25, 0.3) is 0 Å². The number of benzene rings is 1. The van der Waals surface area contributed by atoms with Gasteiger partial charge in [-0.2, -0.15) is 4.31 Å². The summed E-state index contributed by atoms with van der Waals surface area (Å²) in [4.78, 5) is 0.442. The third kappa shape index (κ3) is 7.03. The maximum absolute atomic E-state index is 14.5. The van der Waals surface area contributed by atoms with E-state index in [0.717, 1.165) is 42.4 Å². The Morgan fingerprint density at radius 3 is 2.00 bits per heavy atom. The number of aliphatic hydroxyl groups is 1. The summed E-state index contributed by atoms with van der Waals surface area (Å²) >= 11 is 0. The molecular weight excluding hydrogens is 466 g/mol. The Kier molecular flexibility index (Phi) is 9.88. The fourth-order valence-electron chi connectivity index (χ4n) is 5.18. The molecule has 0 spiro atoms. The molecule has 1 unspecified atom stereocenters. The zero-order chi connectivity index (χ0) is 26.6. The molecule has 0 saturated heterocycles. The molecule has 0 aromatic heterocycles. The van der Waals surface area contributed by atoms with Crippen molar-refractivity contribution in [3.05, 3.63) is 41.0 Å². The zero-order valence-electron chi connectivity index (χ0n) is 23.3. The van der Waals surface area contributed by atoms with Crippen LogP contribution in [0.2, 0.25) is 0 Å². The summed E-state index contributed by atoms with van der Waals surface area (Å²) < 4.78 is 30.4. The number of hydrogen-bond acceptors (Lipinski definition) is 3. The smallest absolute Gasteiger partial charge is 0.244 e. The van der Waals surface area contributed by atoms with E-state index in [4.69, 9.17) is 0 Å². The van der Waals surface area contributed by atoms with E-state index >= 15 is 0 Å². The van der Waals surface area contributed by atoms with Crippen LogP contribution in [-0.2, 0) is 10.0 Å². The van der Waals surface area contributed by atoms with E-state index in [2.05, 4.69) is 72.1 Å². The first-order valence-electron chi connectivity index (χ1n) is 13.9. The van der Waals surface area contributed by atoms with Gasteiger partial charge in [-0.05, 0) is 72.0 Å². The average molecular weight is 514 g/mol. The van der Waals surface area contributed by atoms with Crippen molar-refractivity contribution < 1.29 is 13.5 Å². The molecule has 2 aliphatic carbocycles. The van der Waals surface area contributed by atoms with Crippen molar-refractivity contribution in [1.29, 1.82) is 0 Å². The lowest BCUT2D eigenvalue weighted by Gasteiger charge is -2.30. The molecule has 200 valence electrons. The van der Waals surface area contributed by atoms with Crippen LogP contribution in [0.5, 0.6) is 0 Å². The van der Waals surface area contributed by atoms with E-state index in [0.29, 0.717) is 16.7 Å². The second-order valence-electron chi connectivity index (χ2n) is 11.9. The maximum Gasteiger partial charge on any atom is 0.244 e. The number of aliphatic hydroxyl groups excluding tert-OH is 1. The van der Waals surface area contributed by atoms with Crippen molar-refractivity contribution in [3.8, 4) is 11.8 Å². The van der Waals surface area contributed by atoms with Gasteiger partial charge < -0.3 is 5.11 Å².